The van der Waals surface area contributed by atoms with E-state index < -0.39 is 0 Å². The minimum atomic E-state index is 0.338. The minimum Gasteiger partial charge on any atom is -0.339 e. The Kier molecular flexibility index (Phi) is 3.06. The van der Waals surface area contributed by atoms with Gasteiger partial charge in [-0.15, -0.1) is 0 Å². The van der Waals surface area contributed by atoms with Crippen molar-refractivity contribution in [1.29, 1.82) is 0 Å². The van der Waals surface area contributed by atoms with E-state index in [0.717, 1.165) is 18.9 Å². The Hall–Kier alpha value is -0.570. The fourth-order valence-corrected chi connectivity index (χ4v) is 1.82. The zero-order valence-corrected chi connectivity index (χ0v) is 8.74. The average Bonchev–Trinajstić information content (AvgIpc) is 3.02. The first-order valence-corrected chi connectivity index (χ1v) is 5.81. The van der Waals surface area contributed by atoms with Crippen molar-refractivity contribution in [2.24, 2.45) is 11.7 Å². The van der Waals surface area contributed by atoms with Gasteiger partial charge in [0.15, 0.2) is 0 Å². The number of amides is 1. The van der Waals surface area contributed by atoms with Crippen molar-refractivity contribution in [3.8, 4) is 0 Å². The molecule has 1 amide bonds. The summed E-state index contributed by atoms with van der Waals surface area (Å²) in [5.41, 5.74) is 5.41. The van der Waals surface area contributed by atoms with Crippen LogP contribution in [-0.4, -0.2) is 29.9 Å². The van der Waals surface area contributed by atoms with Crippen molar-refractivity contribution in [1.82, 2.24) is 4.90 Å². The van der Waals surface area contributed by atoms with Crippen molar-refractivity contribution < 1.29 is 4.79 Å². The largest absolute Gasteiger partial charge is 0.339 e. The van der Waals surface area contributed by atoms with Gasteiger partial charge in [0.2, 0.25) is 5.91 Å². The SMILES string of the molecule is NCCCC(=O)N(CC1CC1)C1CC1. The van der Waals surface area contributed by atoms with Crippen LogP contribution in [0.5, 0.6) is 0 Å². The molecule has 0 radical (unpaired) electrons. The van der Waals surface area contributed by atoms with Crippen LogP contribution in [0, 0.1) is 5.92 Å². The van der Waals surface area contributed by atoms with Gasteiger partial charge >= 0.3 is 0 Å². The molecular weight excluding hydrogens is 176 g/mol. The Morgan fingerprint density at radius 3 is 2.50 bits per heavy atom. The molecule has 0 aromatic rings. The zero-order chi connectivity index (χ0) is 9.97. The maximum atomic E-state index is 11.8. The summed E-state index contributed by atoms with van der Waals surface area (Å²) >= 11 is 0. The van der Waals surface area contributed by atoms with Gasteiger partial charge in [-0.25, -0.2) is 0 Å². The van der Waals surface area contributed by atoms with Crippen LogP contribution in [0.15, 0.2) is 0 Å². The predicted molar refractivity (Wildman–Crippen MR) is 55.7 cm³/mol. The topological polar surface area (TPSA) is 46.3 Å². The maximum Gasteiger partial charge on any atom is 0.222 e. The summed E-state index contributed by atoms with van der Waals surface area (Å²) in [6.07, 6.45) is 6.59. The van der Waals surface area contributed by atoms with Crippen molar-refractivity contribution in [3.05, 3.63) is 0 Å². The summed E-state index contributed by atoms with van der Waals surface area (Å²) in [6, 6.07) is 0.584. The Bertz CT molecular complexity index is 209. The first-order chi connectivity index (χ1) is 6.81. The van der Waals surface area contributed by atoms with E-state index in [1.54, 1.807) is 0 Å². The third kappa shape index (κ3) is 2.71. The number of nitrogens with zero attached hydrogens (tertiary/aromatic N) is 1. The normalized spacial score (nSPS) is 20.9. The third-order valence-electron chi connectivity index (χ3n) is 3.05. The van der Waals surface area contributed by atoms with Gasteiger partial charge in [0, 0.05) is 19.0 Å². The van der Waals surface area contributed by atoms with Crippen molar-refractivity contribution in [2.45, 2.75) is 44.6 Å². The summed E-state index contributed by atoms with van der Waals surface area (Å²) < 4.78 is 0. The Labute approximate surface area is 85.6 Å². The number of carbonyl (C=O) groups excluding carboxylic acids is 1. The fraction of sp³-hybridized carbons (Fsp3) is 0.909. The number of nitrogens with two attached hydrogens (primary N) is 1. The molecule has 0 saturated heterocycles. The van der Waals surface area contributed by atoms with Gasteiger partial charge < -0.3 is 10.6 Å². The van der Waals surface area contributed by atoms with Gasteiger partial charge in [-0.1, -0.05) is 0 Å². The maximum absolute atomic E-state index is 11.8. The van der Waals surface area contributed by atoms with Crippen molar-refractivity contribution in [3.63, 3.8) is 0 Å². The Morgan fingerprint density at radius 1 is 1.29 bits per heavy atom. The lowest BCUT2D eigenvalue weighted by Gasteiger charge is -2.22. The molecule has 0 atom stereocenters. The summed E-state index contributed by atoms with van der Waals surface area (Å²) in [4.78, 5) is 13.9. The Balaban J connectivity index is 1.78. The van der Waals surface area contributed by atoms with E-state index in [-0.39, 0.29) is 0 Å². The highest BCUT2D eigenvalue weighted by atomic mass is 16.2. The van der Waals surface area contributed by atoms with Crippen LogP contribution < -0.4 is 5.73 Å². The number of hydrogen-bond acceptors (Lipinski definition) is 2. The molecule has 2 rings (SSSR count). The average molecular weight is 196 g/mol. The van der Waals surface area contributed by atoms with Gasteiger partial charge in [-0.2, -0.15) is 0 Å². The van der Waals surface area contributed by atoms with Crippen LogP contribution in [-0.2, 0) is 4.79 Å². The molecule has 80 valence electrons. The summed E-state index contributed by atoms with van der Waals surface area (Å²) in [5, 5.41) is 0. The van der Waals surface area contributed by atoms with Gasteiger partial charge in [0.05, 0.1) is 0 Å². The lowest BCUT2D eigenvalue weighted by atomic mass is 10.2. The van der Waals surface area contributed by atoms with E-state index in [9.17, 15) is 4.79 Å². The minimum absolute atomic E-state index is 0.338. The molecule has 0 unspecified atom stereocenters. The molecule has 0 spiro atoms. The number of carbonyl (C=O) groups is 1. The monoisotopic (exact) mass is 196 g/mol. The molecule has 3 nitrogen and oxygen atoms in total. The summed E-state index contributed by atoms with van der Waals surface area (Å²) in [5.74, 6) is 1.15. The van der Waals surface area contributed by atoms with Crippen LogP contribution in [0.4, 0.5) is 0 Å². The van der Waals surface area contributed by atoms with Gasteiger partial charge in [0.1, 0.15) is 0 Å². The first-order valence-electron chi connectivity index (χ1n) is 5.81. The molecule has 2 aliphatic rings. The zero-order valence-electron chi connectivity index (χ0n) is 8.74. The van der Waals surface area contributed by atoms with Gasteiger partial charge in [0.25, 0.3) is 0 Å². The molecule has 2 fully saturated rings. The summed E-state index contributed by atoms with van der Waals surface area (Å²) in [7, 11) is 0. The molecule has 0 aromatic heterocycles. The second kappa shape index (κ2) is 4.30. The summed E-state index contributed by atoms with van der Waals surface area (Å²) in [6.45, 7) is 1.65. The second-order valence-electron chi connectivity index (χ2n) is 4.61. The molecule has 14 heavy (non-hydrogen) atoms. The van der Waals surface area contributed by atoms with Crippen LogP contribution in [0.3, 0.4) is 0 Å². The van der Waals surface area contributed by atoms with E-state index in [0.29, 0.717) is 24.9 Å². The van der Waals surface area contributed by atoms with Crippen LogP contribution >= 0.6 is 0 Å². The molecule has 3 heteroatoms. The van der Waals surface area contributed by atoms with Crippen molar-refractivity contribution in [2.75, 3.05) is 13.1 Å². The lowest BCUT2D eigenvalue weighted by Crippen LogP contribution is -2.35. The van der Waals surface area contributed by atoms with E-state index in [2.05, 4.69) is 4.90 Å². The molecule has 2 saturated carbocycles. The van der Waals surface area contributed by atoms with E-state index in [1.165, 1.54) is 25.7 Å². The highest BCUT2D eigenvalue weighted by Crippen LogP contribution is 2.35. The van der Waals surface area contributed by atoms with Crippen LogP contribution in [0.25, 0.3) is 0 Å². The van der Waals surface area contributed by atoms with Gasteiger partial charge in [-0.3, -0.25) is 4.79 Å². The Morgan fingerprint density at radius 2 is 2.00 bits per heavy atom. The molecule has 0 bridgehead atoms. The van der Waals surface area contributed by atoms with E-state index >= 15 is 0 Å². The molecule has 2 N–H and O–H groups in total. The van der Waals surface area contributed by atoms with Gasteiger partial charge in [-0.05, 0) is 44.6 Å². The first kappa shape index (κ1) is 9.97. The second-order valence-corrected chi connectivity index (χ2v) is 4.61. The smallest absolute Gasteiger partial charge is 0.222 e. The standard InChI is InChI=1S/C11H20N2O/c12-7-1-2-11(14)13(10-5-6-10)8-9-3-4-9/h9-10H,1-8,12H2. The fourth-order valence-electron chi connectivity index (χ4n) is 1.82. The quantitative estimate of drug-likeness (QED) is 0.692. The molecule has 0 aliphatic heterocycles. The van der Waals surface area contributed by atoms with E-state index in [4.69, 9.17) is 5.73 Å². The molecule has 0 aromatic carbocycles. The number of rotatable bonds is 6. The highest BCUT2D eigenvalue weighted by molar-refractivity contribution is 5.76. The molecule has 2 aliphatic carbocycles. The molecular formula is C11H20N2O. The van der Waals surface area contributed by atoms with Crippen LogP contribution in [0.1, 0.15) is 38.5 Å². The predicted octanol–water partition coefficient (Wildman–Crippen LogP) is 1.13. The van der Waals surface area contributed by atoms with Crippen LogP contribution in [0.2, 0.25) is 0 Å². The van der Waals surface area contributed by atoms with Crippen molar-refractivity contribution >= 4 is 5.91 Å². The van der Waals surface area contributed by atoms with E-state index in [1.807, 2.05) is 0 Å². The number of hydrogen-bond donors (Lipinski definition) is 1. The molecule has 0 heterocycles. The lowest BCUT2D eigenvalue weighted by molar-refractivity contribution is -0.132. The third-order valence-corrected chi connectivity index (χ3v) is 3.05. The highest BCUT2D eigenvalue weighted by Gasteiger charge is 2.35.